The van der Waals surface area contributed by atoms with Crippen LogP contribution in [0.15, 0.2) is 0 Å². The molecule has 0 aliphatic heterocycles. The largest absolute Gasteiger partial charge is 0.481 e. The van der Waals surface area contributed by atoms with E-state index in [-0.39, 0.29) is 17.7 Å². The Hall–Kier alpha value is -0.620. The third-order valence-corrected chi connectivity index (χ3v) is 5.18. The lowest BCUT2D eigenvalue weighted by molar-refractivity contribution is -0.142. The Morgan fingerprint density at radius 2 is 1.71 bits per heavy atom. The second kappa shape index (κ2) is 4.94. The van der Waals surface area contributed by atoms with E-state index < -0.39 is 16.0 Å². The third-order valence-electron chi connectivity index (χ3n) is 3.57. The van der Waals surface area contributed by atoms with Gasteiger partial charge in [0.1, 0.15) is 0 Å². The fraction of sp³-hybridized carbons (Fsp3) is 0.909. The molecular formula is C11H19NO4S. The van der Waals surface area contributed by atoms with Crippen LogP contribution in [0.25, 0.3) is 0 Å². The van der Waals surface area contributed by atoms with Crippen molar-refractivity contribution in [1.82, 2.24) is 4.72 Å². The Morgan fingerprint density at radius 1 is 1.12 bits per heavy atom. The Bertz CT molecular complexity index is 380. The van der Waals surface area contributed by atoms with Crippen molar-refractivity contribution in [3.05, 3.63) is 0 Å². The summed E-state index contributed by atoms with van der Waals surface area (Å²) < 4.78 is 26.2. The van der Waals surface area contributed by atoms with Crippen molar-refractivity contribution in [3.63, 3.8) is 0 Å². The molecule has 2 aliphatic carbocycles. The highest BCUT2D eigenvalue weighted by molar-refractivity contribution is 7.89. The van der Waals surface area contributed by atoms with E-state index in [1.807, 2.05) is 0 Å². The molecular weight excluding hydrogens is 242 g/mol. The molecule has 0 saturated heterocycles. The molecule has 17 heavy (non-hydrogen) atoms. The van der Waals surface area contributed by atoms with E-state index in [2.05, 4.69) is 4.72 Å². The number of rotatable bonds is 5. The van der Waals surface area contributed by atoms with Crippen molar-refractivity contribution in [3.8, 4) is 0 Å². The number of hydrogen-bond acceptors (Lipinski definition) is 3. The minimum Gasteiger partial charge on any atom is -0.481 e. The predicted molar refractivity (Wildman–Crippen MR) is 63.0 cm³/mol. The molecule has 6 heteroatoms. The molecule has 98 valence electrons. The average Bonchev–Trinajstić information content (AvgIpc) is 3.00. The smallest absolute Gasteiger partial charge is 0.306 e. The van der Waals surface area contributed by atoms with Crippen LogP contribution in [0, 0.1) is 11.8 Å². The van der Waals surface area contributed by atoms with E-state index in [4.69, 9.17) is 5.11 Å². The predicted octanol–water partition coefficient (Wildman–Crippen LogP) is 0.959. The lowest BCUT2D eigenvalue weighted by Crippen LogP contribution is -2.40. The first-order valence-corrected chi connectivity index (χ1v) is 7.84. The number of nitrogens with one attached hydrogen (secondary N) is 1. The van der Waals surface area contributed by atoms with Crippen LogP contribution in [-0.2, 0) is 14.8 Å². The van der Waals surface area contributed by atoms with Gasteiger partial charge >= 0.3 is 5.97 Å². The van der Waals surface area contributed by atoms with E-state index >= 15 is 0 Å². The molecule has 2 aliphatic rings. The molecule has 0 bridgehead atoms. The zero-order chi connectivity index (χ0) is 12.5. The summed E-state index contributed by atoms with van der Waals surface area (Å²) in [6.45, 7) is 0. The molecule has 0 amide bonds. The molecule has 0 heterocycles. The van der Waals surface area contributed by atoms with Crippen molar-refractivity contribution < 1.29 is 18.3 Å². The van der Waals surface area contributed by atoms with Crippen molar-refractivity contribution in [2.24, 2.45) is 11.8 Å². The number of sulfonamides is 1. The Labute approximate surface area is 102 Å². The fourth-order valence-corrected chi connectivity index (χ4v) is 4.15. The first-order chi connectivity index (χ1) is 7.96. The van der Waals surface area contributed by atoms with E-state index in [1.54, 1.807) is 0 Å². The van der Waals surface area contributed by atoms with Crippen molar-refractivity contribution in [1.29, 1.82) is 0 Å². The zero-order valence-electron chi connectivity index (χ0n) is 9.76. The molecule has 5 nitrogen and oxygen atoms in total. The van der Waals surface area contributed by atoms with Gasteiger partial charge in [0.15, 0.2) is 0 Å². The monoisotopic (exact) mass is 261 g/mol. The van der Waals surface area contributed by atoms with Gasteiger partial charge in [0.05, 0.1) is 11.7 Å². The van der Waals surface area contributed by atoms with Crippen LogP contribution in [0.5, 0.6) is 0 Å². The van der Waals surface area contributed by atoms with Crippen LogP contribution in [0.2, 0.25) is 0 Å². The Kier molecular flexibility index (Phi) is 3.73. The molecule has 0 atom stereocenters. The zero-order valence-corrected chi connectivity index (χ0v) is 10.6. The first kappa shape index (κ1) is 12.8. The van der Waals surface area contributed by atoms with Gasteiger partial charge < -0.3 is 5.11 Å². The highest BCUT2D eigenvalue weighted by atomic mass is 32.2. The van der Waals surface area contributed by atoms with Crippen LogP contribution in [0.4, 0.5) is 0 Å². The summed E-state index contributed by atoms with van der Waals surface area (Å²) in [4.78, 5) is 10.8. The van der Waals surface area contributed by atoms with Crippen LogP contribution in [0.3, 0.4) is 0 Å². The second-order valence-corrected chi connectivity index (χ2v) is 7.03. The maximum absolute atomic E-state index is 11.7. The molecule has 2 N–H and O–H groups in total. The molecule has 2 saturated carbocycles. The molecule has 0 aromatic carbocycles. The van der Waals surface area contributed by atoms with Crippen LogP contribution < -0.4 is 4.72 Å². The van der Waals surface area contributed by atoms with Crippen molar-refractivity contribution >= 4 is 16.0 Å². The highest BCUT2D eigenvalue weighted by Gasteiger charge is 2.31. The summed E-state index contributed by atoms with van der Waals surface area (Å²) in [7, 11) is -3.15. The van der Waals surface area contributed by atoms with Crippen LogP contribution >= 0.6 is 0 Å². The summed E-state index contributed by atoms with van der Waals surface area (Å²) in [5.41, 5.74) is 0. The van der Waals surface area contributed by atoms with Crippen molar-refractivity contribution in [2.45, 2.75) is 44.6 Å². The number of carbonyl (C=O) groups is 1. The van der Waals surface area contributed by atoms with E-state index in [0.717, 1.165) is 12.8 Å². The van der Waals surface area contributed by atoms with Gasteiger partial charge in [0.25, 0.3) is 0 Å². The van der Waals surface area contributed by atoms with E-state index in [9.17, 15) is 13.2 Å². The number of hydrogen-bond donors (Lipinski definition) is 2. The van der Waals surface area contributed by atoms with Gasteiger partial charge in [-0.25, -0.2) is 13.1 Å². The molecule has 0 spiro atoms. The van der Waals surface area contributed by atoms with Gasteiger partial charge in [-0.3, -0.25) is 4.79 Å². The van der Waals surface area contributed by atoms with Crippen molar-refractivity contribution in [2.75, 3.05) is 5.75 Å². The van der Waals surface area contributed by atoms with Crippen LogP contribution in [-0.4, -0.2) is 31.3 Å². The number of carboxylic acids is 1. The maximum atomic E-state index is 11.7. The average molecular weight is 261 g/mol. The quantitative estimate of drug-likeness (QED) is 0.772. The van der Waals surface area contributed by atoms with E-state index in [1.165, 1.54) is 0 Å². The van der Waals surface area contributed by atoms with Gasteiger partial charge in [-0.15, -0.1) is 0 Å². The molecule has 2 fully saturated rings. The van der Waals surface area contributed by atoms with Gasteiger partial charge in [-0.2, -0.15) is 0 Å². The summed E-state index contributed by atoms with van der Waals surface area (Å²) in [5, 5.41) is 8.85. The summed E-state index contributed by atoms with van der Waals surface area (Å²) in [5.74, 6) is -0.461. The molecule has 0 aromatic rings. The second-order valence-electron chi connectivity index (χ2n) is 5.23. The molecule has 2 rings (SSSR count). The van der Waals surface area contributed by atoms with Gasteiger partial charge in [-0.1, -0.05) is 0 Å². The standard InChI is InChI=1S/C11H19NO4S/c13-11(14)9-3-5-10(6-4-9)12-17(15,16)7-8-1-2-8/h8-10,12H,1-7H2,(H,13,14). The Balaban J connectivity index is 1.78. The van der Waals surface area contributed by atoms with E-state index in [0.29, 0.717) is 31.6 Å². The third kappa shape index (κ3) is 3.96. The Morgan fingerprint density at radius 3 is 2.18 bits per heavy atom. The fourth-order valence-electron chi connectivity index (χ4n) is 2.36. The molecule has 0 unspecified atom stereocenters. The summed E-state index contributed by atoms with van der Waals surface area (Å²) in [6, 6.07) is -0.0608. The maximum Gasteiger partial charge on any atom is 0.306 e. The summed E-state index contributed by atoms with van der Waals surface area (Å²) in [6.07, 6.45) is 4.47. The molecule has 0 radical (unpaired) electrons. The van der Waals surface area contributed by atoms with Gasteiger partial charge in [0, 0.05) is 6.04 Å². The molecule has 0 aromatic heterocycles. The van der Waals surface area contributed by atoms with Crippen LogP contribution in [0.1, 0.15) is 38.5 Å². The number of carboxylic acid groups (broad SMARTS) is 1. The first-order valence-electron chi connectivity index (χ1n) is 6.19. The SMILES string of the molecule is O=C(O)C1CCC(NS(=O)(=O)CC2CC2)CC1. The normalized spacial score (nSPS) is 30.1. The topological polar surface area (TPSA) is 83.5 Å². The van der Waals surface area contributed by atoms with Gasteiger partial charge in [0.2, 0.25) is 10.0 Å². The summed E-state index contributed by atoms with van der Waals surface area (Å²) >= 11 is 0. The minimum atomic E-state index is -3.15. The minimum absolute atomic E-state index is 0.0608. The van der Waals surface area contributed by atoms with Gasteiger partial charge in [-0.05, 0) is 44.4 Å². The highest BCUT2D eigenvalue weighted by Crippen LogP contribution is 2.31. The number of aliphatic carboxylic acids is 1. The lowest BCUT2D eigenvalue weighted by Gasteiger charge is -2.26. The lowest BCUT2D eigenvalue weighted by atomic mass is 9.87.